The number of hydrogen-bond donors (Lipinski definition) is 2. The van der Waals surface area contributed by atoms with Gasteiger partial charge in [-0.1, -0.05) is 50.2 Å². The Morgan fingerprint density at radius 1 is 1.11 bits per heavy atom. The van der Waals surface area contributed by atoms with E-state index in [1.807, 2.05) is 30.3 Å². The molecule has 0 saturated heterocycles. The number of carbonyl (C=O) groups is 1. The maximum Gasteiger partial charge on any atom is 0.272 e. The Morgan fingerprint density at radius 3 is 2.59 bits per heavy atom. The van der Waals surface area contributed by atoms with Crippen molar-refractivity contribution in [2.24, 2.45) is 0 Å². The topological polar surface area (TPSA) is 84.1 Å². The van der Waals surface area contributed by atoms with Crippen LogP contribution in [0.2, 0.25) is 0 Å². The maximum atomic E-state index is 12.2. The predicted molar refractivity (Wildman–Crippen MR) is 105 cm³/mol. The number of hydrogen-bond acceptors (Lipinski definition) is 4. The summed E-state index contributed by atoms with van der Waals surface area (Å²) in [6.45, 7) is 5.01. The normalized spacial score (nSPS) is 10.9. The molecule has 1 heterocycles. The number of nitrogens with one attached hydrogen (secondary N) is 2. The fourth-order valence-corrected chi connectivity index (χ4v) is 2.96. The molecule has 140 valence electrons. The number of aromatic nitrogens is 2. The highest BCUT2D eigenvalue weighted by molar-refractivity contribution is 5.88. The van der Waals surface area contributed by atoms with Gasteiger partial charge < -0.3 is 10.1 Å². The van der Waals surface area contributed by atoms with Crippen LogP contribution in [0, 0.1) is 0 Å². The van der Waals surface area contributed by atoms with Gasteiger partial charge in [-0.05, 0) is 23.6 Å². The molecule has 0 spiro atoms. The third-order valence-corrected chi connectivity index (χ3v) is 4.33. The van der Waals surface area contributed by atoms with Crippen LogP contribution in [0.4, 0.5) is 0 Å². The molecule has 2 N–H and O–H groups in total. The van der Waals surface area contributed by atoms with Gasteiger partial charge in [-0.15, -0.1) is 0 Å². The lowest BCUT2D eigenvalue weighted by atomic mass is 10.0. The molecule has 6 heteroatoms. The molecule has 0 radical (unpaired) electrons. The van der Waals surface area contributed by atoms with E-state index in [-0.39, 0.29) is 17.9 Å². The number of carbonyl (C=O) groups excluding carboxylic acids is 1. The van der Waals surface area contributed by atoms with E-state index in [1.54, 1.807) is 18.2 Å². The van der Waals surface area contributed by atoms with Gasteiger partial charge in [-0.2, -0.15) is 5.10 Å². The Kier molecular flexibility index (Phi) is 5.86. The van der Waals surface area contributed by atoms with Crippen molar-refractivity contribution in [1.29, 1.82) is 0 Å². The second-order valence-corrected chi connectivity index (χ2v) is 6.61. The number of amides is 1. The number of para-hydroxylation sites is 1. The summed E-state index contributed by atoms with van der Waals surface area (Å²) in [6.07, 6.45) is 0.0971. The minimum atomic E-state index is -0.257. The Morgan fingerprint density at radius 2 is 1.81 bits per heavy atom. The summed E-state index contributed by atoms with van der Waals surface area (Å²) < 4.78 is 5.81. The van der Waals surface area contributed by atoms with Crippen LogP contribution in [-0.2, 0) is 11.2 Å². The summed E-state index contributed by atoms with van der Waals surface area (Å²) in [5.41, 5.74) is 1.44. The number of benzene rings is 2. The average Bonchev–Trinajstić information content (AvgIpc) is 2.68. The largest absolute Gasteiger partial charge is 0.491 e. The molecule has 27 heavy (non-hydrogen) atoms. The van der Waals surface area contributed by atoms with Crippen LogP contribution in [-0.4, -0.2) is 29.3 Å². The first kappa shape index (κ1) is 18.6. The molecule has 0 aliphatic heterocycles. The van der Waals surface area contributed by atoms with Gasteiger partial charge in [-0.25, -0.2) is 5.10 Å². The monoisotopic (exact) mass is 365 g/mol. The minimum absolute atomic E-state index is 0.0971. The lowest BCUT2D eigenvalue weighted by Gasteiger charge is -2.14. The lowest BCUT2D eigenvalue weighted by molar-refractivity contribution is -0.120. The number of rotatable bonds is 7. The number of ether oxygens (including phenoxy) is 1. The van der Waals surface area contributed by atoms with E-state index in [9.17, 15) is 9.59 Å². The van der Waals surface area contributed by atoms with Gasteiger partial charge in [0.25, 0.3) is 5.56 Å². The van der Waals surface area contributed by atoms with Crippen LogP contribution in [0.5, 0.6) is 5.75 Å². The van der Waals surface area contributed by atoms with Gasteiger partial charge in [0.1, 0.15) is 12.4 Å². The molecule has 0 saturated carbocycles. The zero-order chi connectivity index (χ0) is 19.2. The van der Waals surface area contributed by atoms with Gasteiger partial charge in [0, 0.05) is 5.39 Å². The molecule has 2 aromatic carbocycles. The summed E-state index contributed by atoms with van der Waals surface area (Å²) >= 11 is 0. The highest BCUT2D eigenvalue weighted by Gasteiger charge is 2.11. The Labute approximate surface area is 157 Å². The molecule has 0 bridgehead atoms. The van der Waals surface area contributed by atoms with Gasteiger partial charge in [0.05, 0.1) is 24.0 Å². The fraction of sp³-hybridized carbons (Fsp3) is 0.286. The zero-order valence-electron chi connectivity index (χ0n) is 15.5. The second kappa shape index (κ2) is 8.49. The molecular formula is C21H23N3O3. The molecule has 3 aromatic rings. The van der Waals surface area contributed by atoms with Crippen molar-refractivity contribution in [1.82, 2.24) is 15.5 Å². The summed E-state index contributed by atoms with van der Waals surface area (Å²) in [6, 6.07) is 15.0. The first-order valence-electron chi connectivity index (χ1n) is 9.01. The maximum absolute atomic E-state index is 12.2. The van der Waals surface area contributed by atoms with Crippen LogP contribution in [0.1, 0.15) is 31.0 Å². The van der Waals surface area contributed by atoms with Crippen molar-refractivity contribution in [3.63, 3.8) is 0 Å². The summed E-state index contributed by atoms with van der Waals surface area (Å²) in [5, 5.41) is 10.5. The van der Waals surface area contributed by atoms with Gasteiger partial charge >= 0.3 is 0 Å². The average molecular weight is 365 g/mol. The van der Waals surface area contributed by atoms with Crippen molar-refractivity contribution >= 4 is 16.7 Å². The van der Waals surface area contributed by atoms with E-state index in [4.69, 9.17) is 4.74 Å². The summed E-state index contributed by atoms with van der Waals surface area (Å²) in [4.78, 5) is 24.0. The molecule has 0 atom stereocenters. The van der Waals surface area contributed by atoms with E-state index in [0.29, 0.717) is 35.5 Å². The van der Waals surface area contributed by atoms with E-state index in [2.05, 4.69) is 29.4 Å². The fourth-order valence-electron chi connectivity index (χ4n) is 2.96. The van der Waals surface area contributed by atoms with Crippen LogP contribution < -0.4 is 15.6 Å². The number of nitrogens with zero attached hydrogens (tertiary/aromatic N) is 1. The zero-order valence-corrected chi connectivity index (χ0v) is 15.5. The quantitative estimate of drug-likeness (QED) is 0.631. The van der Waals surface area contributed by atoms with E-state index >= 15 is 0 Å². The summed E-state index contributed by atoms with van der Waals surface area (Å²) in [7, 11) is 0. The molecular weight excluding hydrogens is 342 g/mol. The Balaban J connectivity index is 1.56. The standard InChI is InChI=1S/C21H23N3O3/c1-14(2)15-7-5-6-10-19(15)27-12-11-22-20(25)13-18-16-8-3-4-9-17(16)21(26)24-23-18/h3-10,14H,11-13H2,1-2H3,(H,22,25)(H,24,26). The van der Waals surface area contributed by atoms with Crippen molar-refractivity contribution in [3.05, 3.63) is 70.1 Å². The number of aromatic amines is 1. The highest BCUT2D eigenvalue weighted by Crippen LogP contribution is 2.25. The molecule has 6 nitrogen and oxygen atoms in total. The molecule has 0 aliphatic carbocycles. The molecule has 1 aromatic heterocycles. The molecule has 3 rings (SSSR count). The Hall–Kier alpha value is -3.15. The third kappa shape index (κ3) is 4.53. The van der Waals surface area contributed by atoms with Crippen LogP contribution >= 0.6 is 0 Å². The van der Waals surface area contributed by atoms with Crippen molar-refractivity contribution in [3.8, 4) is 5.75 Å². The van der Waals surface area contributed by atoms with Crippen molar-refractivity contribution in [2.45, 2.75) is 26.2 Å². The van der Waals surface area contributed by atoms with Crippen molar-refractivity contribution < 1.29 is 9.53 Å². The molecule has 0 unspecified atom stereocenters. The predicted octanol–water partition coefficient (Wildman–Crippen LogP) is 2.78. The minimum Gasteiger partial charge on any atom is -0.491 e. The first-order valence-corrected chi connectivity index (χ1v) is 9.01. The van der Waals surface area contributed by atoms with Gasteiger partial charge in [-0.3, -0.25) is 9.59 Å². The molecule has 1 amide bonds. The van der Waals surface area contributed by atoms with Crippen LogP contribution in [0.15, 0.2) is 53.3 Å². The summed E-state index contributed by atoms with van der Waals surface area (Å²) in [5.74, 6) is 1.05. The van der Waals surface area contributed by atoms with E-state index in [0.717, 1.165) is 11.3 Å². The van der Waals surface area contributed by atoms with Crippen LogP contribution in [0.3, 0.4) is 0 Å². The highest BCUT2D eigenvalue weighted by atomic mass is 16.5. The first-order chi connectivity index (χ1) is 13.1. The van der Waals surface area contributed by atoms with E-state index < -0.39 is 0 Å². The smallest absolute Gasteiger partial charge is 0.272 e. The number of fused-ring (bicyclic) bond motifs is 1. The SMILES string of the molecule is CC(C)c1ccccc1OCCNC(=O)Cc1n[nH]c(=O)c2ccccc12. The van der Waals surface area contributed by atoms with Crippen molar-refractivity contribution in [2.75, 3.05) is 13.2 Å². The van der Waals surface area contributed by atoms with E-state index in [1.165, 1.54) is 0 Å². The lowest BCUT2D eigenvalue weighted by Crippen LogP contribution is -2.30. The van der Waals surface area contributed by atoms with Gasteiger partial charge in [0.2, 0.25) is 5.91 Å². The van der Waals surface area contributed by atoms with Crippen LogP contribution in [0.25, 0.3) is 10.8 Å². The van der Waals surface area contributed by atoms with Gasteiger partial charge in [0.15, 0.2) is 0 Å². The number of H-pyrrole nitrogens is 1. The third-order valence-electron chi connectivity index (χ3n) is 4.33. The second-order valence-electron chi connectivity index (χ2n) is 6.61. The molecule has 0 aliphatic rings. The Bertz CT molecular complexity index is 995. The molecule has 0 fully saturated rings.